The summed E-state index contributed by atoms with van der Waals surface area (Å²) in [5.41, 5.74) is 1.48. The van der Waals surface area contributed by atoms with E-state index in [2.05, 4.69) is 5.32 Å². The Bertz CT molecular complexity index is 442. The van der Waals surface area contributed by atoms with Gasteiger partial charge in [0.15, 0.2) is 0 Å². The summed E-state index contributed by atoms with van der Waals surface area (Å²) in [6.07, 6.45) is 0. The fourth-order valence-corrected chi connectivity index (χ4v) is 1.31. The molecular formula is C13H11NNaO+. The molecule has 0 saturated carbocycles. The van der Waals surface area contributed by atoms with E-state index in [9.17, 15) is 4.79 Å². The van der Waals surface area contributed by atoms with Crippen LogP contribution in [0.25, 0.3) is 0 Å². The quantitative estimate of drug-likeness (QED) is 0.706. The maximum Gasteiger partial charge on any atom is 1.00 e. The van der Waals surface area contributed by atoms with Gasteiger partial charge in [-0.3, -0.25) is 4.79 Å². The maximum absolute atomic E-state index is 11.7. The van der Waals surface area contributed by atoms with E-state index < -0.39 is 0 Å². The van der Waals surface area contributed by atoms with E-state index in [-0.39, 0.29) is 35.5 Å². The molecule has 1 amide bonds. The third kappa shape index (κ3) is 3.49. The molecule has 3 heteroatoms. The normalized spacial score (nSPS) is 9.00. The molecular weight excluding hydrogens is 209 g/mol. The zero-order valence-corrected chi connectivity index (χ0v) is 11.2. The molecule has 0 aliphatic carbocycles. The number of anilines is 1. The number of hydrogen-bond acceptors (Lipinski definition) is 1. The first-order chi connectivity index (χ1) is 7.36. The fourth-order valence-electron chi connectivity index (χ4n) is 1.31. The molecule has 0 heterocycles. The van der Waals surface area contributed by atoms with Gasteiger partial charge in [0.25, 0.3) is 5.91 Å². The van der Waals surface area contributed by atoms with Gasteiger partial charge in [-0.05, 0) is 24.3 Å². The third-order valence-electron chi connectivity index (χ3n) is 2.07. The summed E-state index contributed by atoms with van der Waals surface area (Å²) in [5, 5.41) is 2.82. The molecule has 16 heavy (non-hydrogen) atoms. The van der Waals surface area contributed by atoms with Gasteiger partial charge < -0.3 is 5.32 Å². The van der Waals surface area contributed by atoms with Gasteiger partial charge in [0.2, 0.25) is 0 Å². The average molecular weight is 220 g/mol. The number of amides is 1. The Morgan fingerprint density at radius 2 is 1.31 bits per heavy atom. The van der Waals surface area contributed by atoms with Crippen LogP contribution in [0.1, 0.15) is 10.4 Å². The van der Waals surface area contributed by atoms with Gasteiger partial charge in [0.05, 0.1) is 0 Å². The Kier molecular flexibility index (Phi) is 5.26. The van der Waals surface area contributed by atoms with Crippen LogP contribution in [0, 0.1) is 0 Å². The Morgan fingerprint density at radius 3 is 1.88 bits per heavy atom. The van der Waals surface area contributed by atoms with Crippen molar-refractivity contribution in [1.29, 1.82) is 0 Å². The van der Waals surface area contributed by atoms with Crippen LogP contribution in [0.3, 0.4) is 0 Å². The summed E-state index contributed by atoms with van der Waals surface area (Å²) < 4.78 is 0. The van der Waals surface area contributed by atoms with Gasteiger partial charge >= 0.3 is 29.6 Å². The van der Waals surface area contributed by atoms with Crippen LogP contribution in [-0.4, -0.2) is 5.91 Å². The Labute approximate surface area is 117 Å². The van der Waals surface area contributed by atoms with Crippen LogP contribution in [0.15, 0.2) is 60.7 Å². The molecule has 0 aromatic heterocycles. The minimum absolute atomic E-state index is 0. The van der Waals surface area contributed by atoms with Crippen molar-refractivity contribution in [2.75, 3.05) is 5.32 Å². The largest absolute Gasteiger partial charge is 1.00 e. The molecule has 0 bridgehead atoms. The summed E-state index contributed by atoms with van der Waals surface area (Å²) in [4.78, 5) is 11.7. The number of rotatable bonds is 2. The molecule has 0 spiro atoms. The molecule has 0 atom stereocenters. The molecule has 2 aromatic carbocycles. The van der Waals surface area contributed by atoms with E-state index in [1.807, 2.05) is 48.5 Å². The molecule has 2 nitrogen and oxygen atoms in total. The summed E-state index contributed by atoms with van der Waals surface area (Å²) in [5.74, 6) is -0.0817. The van der Waals surface area contributed by atoms with Crippen LogP contribution in [0.2, 0.25) is 0 Å². The predicted octanol–water partition coefficient (Wildman–Crippen LogP) is -0.0571. The molecule has 0 saturated heterocycles. The van der Waals surface area contributed by atoms with E-state index in [0.29, 0.717) is 5.56 Å². The average Bonchev–Trinajstić information content (AvgIpc) is 2.31. The summed E-state index contributed by atoms with van der Waals surface area (Å²) in [6, 6.07) is 18.6. The predicted molar refractivity (Wildman–Crippen MR) is 60.8 cm³/mol. The molecule has 0 aliphatic rings. The van der Waals surface area contributed by atoms with E-state index in [1.54, 1.807) is 12.1 Å². The smallest absolute Gasteiger partial charge is 0.322 e. The first-order valence-electron chi connectivity index (χ1n) is 4.78. The number of carbonyl (C=O) groups is 1. The van der Waals surface area contributed by atoms with Crippen molar-refractivity contribution in [3.63, 3.8) is 0 Å². The van der Waals surface area contributed by atoms with Crippen LogP contribution >= 0.6 is 0 Å². The standard InChI is InChI=1S/C13H11NO.Na/c15-13(11-7-3-1-4-8-11)14-12-9-5-2-6-10-12;/h1-10H,(H,14,15);/q;+1. The fraction of sp³-hybridized carbons (Fsp3) is 0. The van der Waals surface area contributed by atoms with Gasteiger partial charge in [-0.1, -0.05) is 36.4 Å². The van der Waals surface area contributed by atoms with Crippen LogP contribution in [-0.2, 0) is 0 Å². The third-order valence-corrected chi connectivity index (χ3v) is 2.07. The Hall–Kier alpha value is -1.09. The van der Waals surface area contributed by atoms with Crippen LogP contribution in [0.5, 0.6) is 0 Å². The number of carbonyl (C=O) groups excluding carboxylic acids is 1. The van der Waals surface area contributed by atoms with Gasteiger partial charge in [-0.2, -0.15) is 0 Å². The van der Waals surface area contributed by atoms with Crippen molar-refractivity contribution in [1.82, 2.24) is 0 Å². The minimum Gasteiger partial charge on any atom is -0.322 e. The Balaban J connectivity index is 0.00000128. The van der Waals surface area contributed by atoms with E-state index in [1.165, 1.54) is 0 Å². The van der Waals surface area contributed by atoms with E-state index in [0.717, 1.165) is 5.69 Å². The molecule has 0 unspecified atom stereocenters. The maximum atomic E-state index is 11.7. The topological polar surface area (TPSA) is 29.1 Å². The molecule has 1 N–H and O–H groups in total. The minimum atomic E-state index is -0.0817. The SMILES string of the molecule is O=C(Nc1ccccc1)c1ccccc1.[Na+]. The second kappa shape index (κ2) is 6.48. The van der Waals surface area contributed by atoms with Crippen molar-refractivity contribution < 1.29 is 34.4 Å². The molecule has 74 valence electrons. The Morgan fingerprint density at radius 1 is 0.812 bits per heavy atom. The summed E-state index contributed by atoms with van der Waals surface area (Å²) in [7, 11) is 0. The monoisotopic (exact) mass is 220 g/mol. The van der Waals surface area contributed by atoms with E-state index >= 15 is 0 Å². The summed E-state index contributed by atoms with van der Waals surface area (Å²) in [6.45, 7) is 0. The van der Waals surface area contributed by atoms with Crippen molar-refractivity contribution >= 4 is 11.6 Å². The molecule has 0 fully saturated rings. The van der Waals surface area contributed by atoms with Gasteiger partial charge in [0.1, 0.15) is 0 Å². The van der Waals surface area contributed by atoms with Gasteiger partial charge in [-0.15, -0.1) is 0 Å². The molecule has 0 aliphatic heterocycles. The van der Waals surface area contributed by atoms with Crippen molar-refractivity contribution in [2.45, 2.75) is 0 Å². The van der Waals surface area contributed by atoms with Crippen molar-refractivity contribution in [2.24, 2.45) is 0 Å². The summed E-state index contributed by atoms with van der Waals surface area (Å²) >= 11 is 0. The van der Waals surface area contributed by atoms with Crippen molar-refractivity contribution in [3.05, 3.63) is 66.2 Å². The first-order valence-corrected chi connectivity index (χ1v) is 4.78. The first kappa shape index (κ1) is 13.0. The van der Waals surface area contributed by atoms with Crippen molar-refractivity contribution in [3.8, 4) is 0 Å². The van der Waals surface area contributed by atoms with Crippen LogP contribution < -0.4 is 34.9 Å². The number of para-hydroxylation sites is 1. The molecule has 0 radical (unpaired) electrons. The van der Waals surface area contributed by atoms with E-state index in [4.69, 9.17) is 0 Å². The zero-order chi connectivity index (χ0) is 10.5. The van der Waals surface area contributed by atoms with Crippen LogP contribution in [0.4, 0.5) is 5.69 Å². The number of benzene rings is 2. The van der Waals surface area contributed by atoms with Gasteiger partial charge in [-0.25, -0.2) is 0 Å². The molecule has 2 aromatic rings. The second-order valence-electron chi connectivity index (χ2n) is 3.19. The second-order valence-corrected chi connectivity index (χ2v) is 3.19. The van der Waals surface area contributed by atoms with Gasteiger partial charge in [0, 0.05) is 11.3 Å². The zero-order valence-electron chi connectivity index (χ0n) is 9.18. The number of nitrogens with one attached hydrogen (secondary N) is 1. The molecule has 2 rings (SSSR count). The number of hydrogen-bond donors (Lipinski definition) is 1.